The first-order valence-electron chi connectivity index (χ1n) is 7.15. The Morgan fingerprint density at radius 2 is 1.63 bits per heavy atom. The maximum Gasteiger partial charge on any atom is 0.0249 e. The van der Waals surface area contributed by atoms with E-state index in [9.17, 15) is 0 Å². The van der Waals surface area contributed by atoms with Crippen molar-refractivity contribution in [2.24, 2.45) is 0 Å². The van der Waals surface area contributed by atoms with E-state index in [0.717, 1.165) is 13.1 Å². The van der Waals surface area contributed by atoms with Crippen LogP contribution in [0.25, 0.3) is 0 Å². The number of benzene rings is 1. The zero-order valence-corrected chi connectivity index (χ0v) is 13.6. The molecule has 108 valence electrons. The molecule has 0 saturated heterocycles. The number of aryl methyl sites for hydroxylation is 2. The molecule has 0 aromatic heterocycles. The van der Waals surface area contributed by atoms with Crippen molar-refractivity contribution in [2.75, 3.05) is 20.1 Å². The Morgan fingerprint density at radius 3 is 2.21 bits per heavy atom. The fraction of sp³-hybridized carbons (Fsp3) is 0.647. The van der Waals surface area contributed by atoms with Gasteiger partial charge in [0.2, 0.25) is 0 Å². The van der Waals surface area contributed by atoms with Crippen molar-refractivity contribution in [3.8, 4) is 0 Å². The normalized spacial score (nSPS) is 12.8. The monoisotopic (exact) mass is 262 g/mol. The third-order valence-corrected chi connectivity index (χ3v) is 3.75. The lowest BCUT2D eigenvalue weighted by Crippen LogP contribution is -2.50. The van der Waals surface area contributed by atoms with Crippen molar-refractivity contribution in [1.29, 1.82) is 0 Å². The van der Waals surface area contributed by atoms with Crippen molar-refractivity contribution in [2.45, 2.75) is 52.5 Å². The molecule has 0 spiro atoms. The summed E-state index contributed by atoms with van der Waals surface area (Å²) >= 11 is 0. The van der Waals surface area contributed by atoms with Gasteiger partial charge in [-0.25, -0.2) is 0 Å². The Kier molecular flexibility index (Phi) is 5.17. The highest BCUT2D eigenvalue weighted by Crippen LogP contribution is 2.27. The predicted octanol–water partition coefficient (Wildman–Crippen LogP) is 3.17. The van der Waals surface area contributed by atoms with Crippen molar-refractivity contribution >= 4 is 0 Å². The van der Waals surface area contributed by atoms with E-state index in [1.54, 1.807) is 0 Å². The molecule has 0 unspecified atom stereocenters. The highest BCUT2D eigenvalue weighted by molar-refractivity contribution is 5.36. The minimum absolute atomic E-state index is 0.115. The van der Waals surface area contributed by atoms with Gasteiger partial charge in [-0.15, -0.1) is 0 Å². The van der Waals surface area contributed by atoms with Crippen LogP contribution in [0, 0.1) is 13.8 Å². The molecule has 0 heterocycles. The van der Waals surface area contributed by atoms with E-state index in [1.807, 2.05) is 7.05 Å². The molecule has 0 fully saturated rings. The van der Waals surface area contributed by atoms with Crippen LogP contribution in [0.3, 0.4) is 0 Å². The second-order valence-electron chi connectivity index (χ2n) is 6.97. The van der Waals surface area contributed by atoms with Gasteiger partial charge in [-0.2, -0.15) is 0 Å². The van der Waals surface area contributed by atoms with Gasteiger partial charge in [-0.3, -0.25) is 0 Å². The topological polar surface area (TPSA) is 24.1 Å². The van der Waals surface area contributed by atoms with E-state index in [1.165, 1.54) is 16.7 Å². The SMILES string of the molecule is CNCC(C)(C)NCC(C)(C)c1cc(C)ccc1C. The second kappa shape index (κ2) is 6.06. The summed E-state index contributed by atoms with van der Waals surface area (Å²) in [5.41, 5.74) is 4.41. The van der Waals surface area contributed by atoms with E-state index in [4.69, 9.17) is 0 Å². The summed E-state index contributed by atoms with van der Waals surface area (Å²) in [6, 6.07) is 6.74. The maximum absolute atomic E-state index is 3.68. The van der Waals surface area contributed by atoms with Crippen molar-refractivity contribution in [1.82, 2.24) is 10.6 Å². The van der Waals surface area contributed by atoms with E-state index in [2.05, 4.69) is 70.4 Å². The van der Waals surface area contributed by atoms with Crippen LogP contribution in [0.5, 0.6) is 0 Å². The molecule has 1 aromatic carbocycles. The van der Waals surface area contributed by atoms with Crippen LogP contribution in [0.15, 0.2) is 18.2 Å². The van der Waals surface area contributed by atoms with Crippen molar-refractivity contribution in [3.05, 3.63) is 34.9 Å². The van der Waals surface area contributed by atoms with Crippen LogP contribution in [0.1, 0.15) is 44.4 Å². The second-order valence-corrected chi connectivity index (χ2v) is 6.97. The van der Waals surface area contributed by atoms with Gasteiger partial charge in [0.05, 0.1) is 0 Å². The van der Waals surface area contributed by atoms with Gasteiger partial charge in [-0.1, -0.05) is 37.6 Å². The first-order chi connectivity index (χ1) is 8.68. The predicted molar refractivity (Wildman–Crippen MR) is 85.0 cm³/mol. The average Bonchev–Trinajstić information content (AvgIpc) is 2.30. The van der Waals surface area contributed by atoms with Gasteiger partial charge in [0.1, 0.15) is 0 Å². The van der Waals surface area contributed by atoms with Gasteiger partial charge < -0.3 is 10.6 Å². The van der Waals surface area contributed by atoms with Gasteiger partial charge in [0.15, 0.2) is 0 Å². The van der Waals surface area contributed by atoms with E-state index < -0.39 is 0 Å². The fourth-order valence-electron chi connectivity index (χ4n) is 2.52. The Bertz CT molecular complexity index is 419. The van der Waals surface area contributed by atoms with E-state index >= 15 is 0 Å². The largest absolute Gasteiger partial charge is 0.318 e. The Labute approximate surface area is 119 Å². The van der Waals surface area contributed by atoms with Gasteiger partial charge >= 0.3 is 0 Å². The molecule has 0 atom stereocenters. The van der Waals surface area contributed by atoms with E-state index in [-0.39, 0.29) is 11.0 Å². The average molecular weight is 262 g/mol. The Hall–Kier alpha value is -0.860. The molecule has 2 nitrogen and oxygen atoms in total. The molecule has 0 aliphatic rings. The molecule has 0 aliphatic heterocycles. The number of hydrogen-bond donors (Lipinski definition) is 2. The summed E-state index contributed by atoms with van der Waals surface area (Å²) in [4.78, 5) is 0. The van der Waals surface area contributed by atoms with Crippen LogP contribution < -0.4 is 10.6 Å². The molecular formula is C17H30N2. The first-order valence-corrected chi connectivity index (χ1v) is 7.15. The fourth-order valence-corrected chi connectivity index (χ4v) is 2.52. The molecule has 0 amide bonds. The third kappa shape index (κ3) is 4.63. The highest BCUT2D eigenvalue weighted by Gasteiger charge is 2.26. The summed E-state index contributed by atoms with van der Waals surface area (Å²) in [7, 11) is 2.00. The standard InChI is InChI=1S/C17H30N2/c1-13-8-9-14(2)15(10-13)16(3,4)11-19-17(5,6)12-18-7/h8-10,18-19H,11-12H2,1-7H3. The summed E-state index contributed by atoms with van der Waals surface area (Å²) in [5.74, 6) is 0. The number of likely N-dealkylation sites (N-methyl/N-ethyl adjacent to an activating group) is 1. The van der Waals surface area contributed by atoms with Crippen molar-refractivity contribution in [3.63, 3.8) is 0 Å². The van der Waals surface area contributed by atoms with Crippen LogP contribution >= 0.6 is 0 Å². The smallest absolute Gasteiger partial charge is 0.0249 e. The Morgan fingerprint density at radius 1 is 1.00 bits per heavy atom. The van der Waals surface area contributed by atoms with Gasteiger partial charge in [-0.05, 0) is 45.9 Å². The summed E-state index contributed by atoms with van der Waals surface area (Å²) in [5, 5.41) is 6.92. The molecule has 0 saturated carbocycles. The quantitative estimate of drug-likeness (QED) is 0.823. The molecular weight excluding hydrogens is 232 g/mol. The zero-order valence-electron chi connectivity index (χ0n) is 13.6. The molecule has 2 heteroatoms. The summed E-state index contributed by atoms with van der Waals surface area (Å²) in [6.07, 6.45) is 0. The summed E-state index contributed by atoms with van der Waals surface area (Å²) < 4.78 is 0. The molecule has 0 bridgehead atoms. The van der Waals surface area contributed by atoms with Crippen molar-refractivity contribution < 1.29 is 0 Å². The third-order valence-electron chi connectivity index (χ3n) is 3.75. The highest BCUT2D eigenvalue weighted by atomic mass is 15.0. The van der Waals surface area contributed by atoms with E-state index in [0.29, 0.717) is 0 Å². The van der Waals surface area contributed by atoms with Crippen LogP contribution in [0.4, 0.5) is 0 Å². The van der Waals surface area contributed by atoms with Crippen LogP contribution in [0.2, 0.25) is 0 Å². The van der Waals surface area contributed by atoms with Gasteiger partial charge in [0.25, 0.3) is 0 Å². The maximum atomic E-state index is 3.68. The van der Waals surface area contributed by atoms with Crippen LogP contribution in [-0.4, -0.2) is 25.7 Å². The molecule has 0 aliphatic carbocycles. The lowest BCUT2D eigenvalue weighted by molar-refractivity contribution is 0.332. The lowest BCUT2D eigenvalue weighted by atomic mass is 9.80. The lowest BCUT2D eigenvalue weighted by Gasteiger charge is -2.34. The molecule has 2 N–H and O–H groups in total. The van der Waals surface area contributed by atoms with Gasteiger partial charge in [0, 0.05) is 24.0 Å². The molecule has 19 heavy (non-hydrogen) atoms. The summed E-state index contributed by atoms with van der Waals surface area (Å²) in [6.45, 7) is 15.4. The number of nitrogens with one attached hydrogen (secondary N) is 2. The van der Waals surface area contributed by atoms with Crippen LogP contribution in [-0.2, 0) is 5.41 Å². The minimum Gasteiger partial charge on any atom is -0.318 e. The first kappa shape index (κ1) is 16.2. The minimum atomic E-state index is 0.115. The number of hydrogen-bond acceptors (Lipinski definition) is 2. The molecule has 1 rings (SSSR count). The molecule has 1 aromatic rings. The Balaban J connectivity index is 2.83. The zero-order chi connectivity index (χ0) is 14.7. The molecule has 0 radical (unpaired) electrons. The number of rotatable bonds is 6.